The Morgan fingerprint density at radius 2 is 1.93 bits per heavy atom. The number of aryl methyl sites for hydroxylation is 1. The molecule has 4 amide bonds. The lowest BCUT2D eigenvalue weighted by atomic mass is 9.93. The van der Waals surface area contributed by atoms with Gasteiger partial charge in [-0.3, -0.25) is 14.5 Å². The van der Waals surface area contributed by atoms with Gasteiger partial charge in [0.05, 0.1) is 6.07 Å². The Labute approximate surface area is 158 Å². The van der Waals surface area contributed by atoms with E-state index >= 15 is 0 Å². The maximum Gasteiger partial charge on any atom is 0.325 e. The van der Waals surface area contributed by atoms with Gasteiger partial charge in [0.2, 0.25) is 5.91 Å². The molecule has 7 heteroatoms. The Bertz CT molecular complexity index is 780. The van der Waals surface area contributed by atoms with Crippen molar-refractivity contribution in [2.75, 3.05) is 6.54 Å². The number of nitriles is 1. The Balaban J connectivity index is 1.61. The fourth-order valence-corrected chi connectivity index (χ4v) is 3.79. The van der Waals surface area contributed by atoms with Gasteiger partial charge in [-0.2, -0.15) is 5.26 Å². The van der Waals surface area contributed by atoms with Crippen LogP contribution < -0.4 is 10.6 Å². The third kappa shape index (κ3) is 3.95. The molecule has 1 saturated heterocycles. The molecular weight excluding hydrogens is 344 g/mol. The average Bonchev–Trinajstić information content (AvgIpc) is 3.20. The molecule has 1 saturated carbocycles. The highest BCUT2D eigenvalue weighted by molar-refractivity contribution is 6.08. The van der Waals surface area contributed by atoms with Crippen molar-refractivity contribution in [2.24, 2.45) is 0 Å². The van der Waals surface area contributed by atoms with Crippen LogP contribution in [0.4, 0.5) is 4.79 Å². The summed E-state index contributed by atoms with van der Waals surface area (Å²) in [5.41, 5.74) is -0.824. The van der Waals surface area contributed by atoms with Crippen LogP contribution >= 0.6 is 0 Å². The van der Waals surface area contributed by atoms with Crippen LogP contribution in [0.25, 0.3) is 0 Å². The molecule has 2 N–H and O–H groups in total. The van der Waals surface area contributed by atoms with Crippen LogP contribution in [0.15, 0.2) is 30.3 Å². The van der Waals surface area contributed by atoms with Gasteiger partial charge in [-0.15, -0.1) is 0 Å². The molecule has 1 heterocycles. The largest absolute Gasteiger partial charge is 0.336 e. The highest BCUT2D eigenvalue weighted by Crippen LogP contribution is 2.29. The molecule has 2 aliphatic rings. The molecule has 27 heavy (non-hydrogen) atoms. The summed E-state index contributed by atoms with van der Waals surface area (Å²) in [7, 11) is 0. The Kier molecular flexibility index (Phi) is 5.17. The normalized spacial score (nSPS) is 23.8. The van der Waals surface area contributed by atoms with Crippen LogP contribution in [0, 0.1) is 11.3 Å². The summed E-state index contributed by atoms with van der Waals surface area (Å²) >= 11 is 0. The molecule has 3 rings (SSSR count). The highest BCUT2D eigenvalue weighted by Gasteiger charge is 2.48. The first kappa shape index (κ1) is 18.9. The number of hydrogen-bond acceptors (Lipinski definition) is 4. The minimum Gasteiger partial charge on any atom is -0.336 e. The van der Waals surface area contributed by atoms with E-state index in [1.54, 1.807) is 6.92 Å². The predicted molar refractivity (Wildman–Crippen MR) is 98.4 cm³/mol. The quantitative estimate of drug-likeness (QED) is 0.749. The molecule has 0 bridgehead atoms. The summed E-state index contributed by atoms with van der Waals surface area (Å²) in [4.78, 5) is 38.4. The first-order chi connectivity index (χ1) is 12.9. The third-order valence-corrected chi connectivity index (χ3v) is 5.45. The molecule has 1 aromatic carbocycles. The summed E-state index contributed by atoms with van der Waals surface area (Å²) in [6.07, 6.45) is 4.06. The number of carbonyl (C=O) groups is 3. The summed E-state index contributed by atoms with van der Waals surface area (Å²) < 4.78 is 0. The molecule has 0 aromatic heterocycles. The maximum absolute atomic E-state index is 12.8. The third-order valence-electron chi connectivity index (χ3n) is 5.45. The molecule has 1 aliphatic carbocycles. The molecule has 2 fully saturated rings. The number of amides is 4. The molecule has 1 aromatic rings. The van der Waals surface area contributed by atoms with Gasteiger partial charge < -0.3 is 10.6 Å². The van der Waals surface area contributed by atoms with Crippen molar-refractivity contribution < 1.29 is 14.4 Å². The van der Waals surface area contributed by atoms with E-state index in [9.17, 15) is 19.6 Å². The van der Waals surface area contributed by atoms with Crippen molar-refractivity contribution in [3.05, 3.63) is 35.9 Å². The van der Waals surface area contributed by atoms with Crippen LogP contribution in [0.1, 0.15) is 44.6 Å². The summed E-state index contributed by atoms with van der Waals surface area (Å²) in [5, 5.41) is 14.8. The van der Waals surface area contributed by atoms with Gasteiger partial charge in [0, 0.05) is 0 Å². The monoisotopic (exact) mass is 368 g/mol. The molecule has 142 valence electrons. The van der Waals surface area contributed by atoms with Gasteiger partial charge in [0.15, 0.2) is 0 Å². The van der Waals surface area contributed by atoms with Crippen molar-refractivity contribution in [1.82, 2.24) is 15.5 Å². The number of hydrogen-bond donors (Lipinski definition) is 2. The van der Waals surface area contributed by atoms with Crippen LogP contribution in [0.5, 0.6) is 0 Å². The van der Waals surface area contributed by atoms with Crippen LogP contribution in [-0.4, -0.2) is 40.4 Å². The minimum absolute atomic E-state index is 0.366. The van der Waals surface area contributed by atoms with E-state index in [0.29, 0.717) is 25.7 Å². The molecule has 0 radical (unpaired) electrons. The van der Waals surface area contributed by atoms with E-state index in [1.165, 1.54) is 0 Å². The number of nitrogens with zero attached hydrogens (tertiary/aromatic N) is 2. The zero-order valence-corrected chi connectivity index (χ0v) is 15.5. The minimum atomic E-state index is -1.03. The van der Waals surface area contributed by atoms with E-state index in [4.69, 9.17) is 0 Å². The lowest BCUT2D eigenvalue weighted by Gasteiger charge is -2.24. The van der Waals surface area contributed by atoms with E-state index in [0.717, 1.165) is 23.3 Å². The van der Waals surface area contributed by atoms with Gasteiger partial charge in [-0.1, -0.05) is 30.3 Å². The van der Waals surface area contributed by atoms with E-state index in [1.807, 2.05) is 30.3 Å². The Morgan fingerprint density at radius 1 is 1.26 bits per heavy atom. The smallest absolute Gasteiger partial charge is 0.325 e. The zero-order valence-electron chi connectivity index (χ0n) is 15.5. The van der Waals surface area contributed by atoms with E-state index in [-0.39, 0.29) is 6.54 Å². The number of benzene rings is 1. The Morgan fingerprint density at radius 3 is 2.56 bits per heavy atom. The van der Waals surface area contributed by atoms with E-state index < -0.39 is 28.9 Å². The van der Waals surface area contributed by atoms with E-state index in [2.05, 4.69) is 16.7 Å². The van der Waals surface area contributed by atoms with Crippen molar-refractivity contribution in [2.45, 2.75) is 56.5 Å². The SMILES string of the molecule is C[C@]1(CCc2ccccc2)NC(=O)N(CC(=O)NC2(C#N)CCCC2)C1=O. The zero-order chi connectivity index (χ0) is 19.5. The summed E-state index contributed by atoms with van der Waals surface area (Å²) in [6.45, 7) is 1.32. The molecular formula is C20H24N4O3. The van der Waals surface area contributed by atoms with Gasteiger partial charge in [-0.05, 0) is 51.0 Å². The second-order valence-electron chi connectivity index (χ2n) is 7.59. The highest BCUT2D eigenvalue weighted by atomic mass is 16.2. The molecule has 7 nitrogen and oxygen atoms in total. The number of imide groups is 1. The Hall–Kier alpha value is -2.88. The van der Waals surface area contributed by atoms with Crippen molar-refractivity contribution >= 4 is 17.8 Å². The summed E-state index contributed by atoms with van der Waals surface area (Å²) in [6, 6.07) is 11.3. The van der Waals surface area contributed by atoms with Gasteiger partial charge in [-0.25, -0.2) is 4.79 Å². The first-order valence-corrected chi connectivity index (χ1v) is 9.28. The predicted octanol–water partition coefficient (Wildman–Crippen LogP) is 1.88. The van der Waals surface area contributed by atoms with Crippen molar-refractivity contribution in [3.63, 3.8) is 0 Å². The van der Waals surface area contributed by atoms with Crippen LogP contribution in [-0.2, 0) is 16.0 Å². The number of urea groups is 1. The van der Waals surface area contributed by atoms with Gasteiger partial charge in [0.1, 0.15) is 17.6 Å². The second kappa shape index (κ2) is 7.39. The lowest BCUT2D eigenvalue weighted by Crippen LogP contribution is -2.50. The van der Waals surface area contributed by atoms with Gasteiger partial charge >= 0.3 is 6.03 Å². The number of rotatable bonds is 6. The second-order valence-corrected chi connectivity index (χ2v) is 7.59. The van der Waals surface area contributed by atoms with Gasteiger partial charge in [0.25, 0.3) is 5.91 Å². The standard InChI is InChI=1S/C20H24N4O3/c1-19(12-9-15-7-3-2-4-8-15)17(26)24(18(27)23-19)13-16(25)22-20(14-21)10-5-6-11-20/h2-4,7-8H,5-6,9-13H2,1H3,(H,22,25)(H,23,27)/t19-/m1/s1. The van der Waals surface area contributed by atoms with Crippen molar-refractivity contribution in [1.29, 1.82) is 5.26 Å². The fraction of sp³-hybridized carbons (Fsp3) is 0.500. The lowest BCUT2D eigenvalue weighted by molar-refractivity contribution is -0.135. The number of carbonyl (C=O) groups excluding carboxylic acids is 3. The average molecular weight is 368 g/mol. The molecule has 0 unspecified atom stereocenters. The molecule has 0 spiro atoms. The molecule has 1 aliphatic heterocycles. The maximum atomic E-state index is 12.8. The summed E-state index contributed by atoms with van der Waals surface area (Å²) in [5.74, 6) is -0.884. The fourth-order valence-electron chi connectivity index (χ4n) is 3.79. The van der Waals surface area contributed by atoms with Crippen LogP contribution in [0.3, 0.4) is 0 Å². The van der Waals surface area contributed by atoms with Crippen molar-refractivity contribution in [3.8, 4) is 6.07 Å². The number of nitrogens with one attached hydrogen (secondary N) is 2. The topological polar surface area (TPSA) is 102 Å². The molecule has 1 atom stereocenters. The first-order valence-electron chi connectivity index (χ1n) is 9.28. The van der Waals surface area contributed by atoms with Crippen LogP contribution in [0.2, 0.25) is 0 Å².